The minimum atomic E-state index is -1.47. The van der Waals surface area contributed by atoms with Gasteiger partial charge in [-0.1, -0.05) is 77.2 Å². The van der Waals surface area contributed by atoms with Crippen LogP contribution in [0.2, 0.25) is 19.6 Å². The summed E-state index contributed by atoms with van der Waals surface area (Å²) in [4.78, 5) is 0. The molecule has 0 heterocycles. The molecule has 1 aliphatic rings. The molecule has 1 unspecified atom stereocenters. The van der Waals surface area contributed by atoms with Crippen LogP contribution in [0.1, 0.15) is 51.7 Å². The van der Waals surface area contributed by atoms with Crippen LogP contribution in [0, 0.1) is 12.3 Å². The van der Waals surface area contributed by atoms with Crippen molar-refractivity contribution in [3.8, 4) is 0 Å². The van der Waals surface area contributed by atoms with Crippen LogP contribution in [-0.4, -0.2) is 20.3 Å². The summed E-state index contributed by atoms with van der Waals surface area (Å²) in [5.74, 6) is 0. The highest BCUT2D eigenvalue weighted by atomic mass is 28.3. The van der Waals surface area contributed by atoms with Crippen LogP contribution in [0.3, 0.4) is 0 Å². The highest BCUT2D eigenvalue weighted by molar-refractivity contribution is 6.79. The van der Waals surface area contributed by atoms with E-state index in [0.717, 1.165) is 6.61 Å². The van der Waals surface area contributed by atoms with Gasteiger partial charge in [0.2, 0.25) is 0 Å². The molecule has 1 aromatic rings. The van der Waals surface area contributed by atoms with E-state index in [4.69, 9.17) is 4.74 Å². The normalized spacial score (nSPS) is 20.5. The van der Waals surface area contributed by atoms with Crippen molar-refractivity contribution in [2.75, 3.05) is 6.61 Å². The number of rotatable bonds is 5. The van der Waals surface area contributed by atoms with Crippen molar-refractivity contribution in [1.29, 1.82) is 0 Å². The first kappa shape index (κ1) is 17.7. The topological polar surface area (TPSA) is 9.23 Å². The molecule has 0 aliphatic heterocycles. The lowest BCUT2D eigenvalue weighted by Gasteiger charge is -2.48. The Balaban J connectivity index is 2.43. The molecule has 1 aromatic carbocycles. The monoisotopic (exact) mass is 318 g/mol. The molecule has 0 saturated heterocycles. The Bertz CT molecular complexity index is 531. The van der Waals surface area contributed by atoms with Gasteiger partial charge in [0.05, 0.1) is 20.3 Å². The summed E-state index contributed by atoms with van der Waals surface area (Å²) in [7, 11) is -1.47. The summed E-state index contributed by atoms with van der Waals surface area (Å²) in [6.45, 7) is 19.8. The third-order valence-corrected chi connectivity index (χ3v) is 9.24. The number of aryl methyl sites for hydroxylation is 1. The van der Waals surface area contributed by atoms with Crippen LogP contribution in [0.15, 0.2) is 24.3 Å². The maximum atomic E-state index is 6.63. The first-order valence-electron chi connectivity index (χ1n) is 8.62. The first-order valence-corrected chi connectivity index (χ1v) is 12.1. The van der Waals surface area contributed by atoms with E-state index in [9.17, 15) is 0 Å². The van der Waals surface area contributed by atoms with Crippen LogP contribution in [0.25, 0.3) is 0 Å². The largest absolute Gasteiger partial charge is 0.374 e. The standard InChI is InChI=1S/C20H34OSi/c1-16-10-9-11-17(14-16)19(5,22(6,7)8)20(12-13-20)21-15-18(2,3)4/h9-11,14H,12-13,15H2,1-8H3. The zero-order valence-electron chi connectivity index (χ0n) is 15.8. The van der Waals surface area contributed by atoms with Gasteiger partial charge in [0.1, 0.15) is 0 Å². The second-order valence-corrected chi connectivity index (χ2v) is 15.1. The van der Waals surface area contributed by atoms with Gasteiger partial charge in [-0.3, -0.25) is 0 Å². The highest BCUT2D eigenvalue weighted by Gasteiger charge is 2.63. The summed E-state index contributed by atoms with van der Waals surface area (Å²) < 4.78 is 6.63. The lowest BCUT2D eigenvalue weighted by Crippen LogP contribution is -2.58. The molecule has 0 radical (unpaired) electrons. The van der Waals surface area contributed by atoms with Crippen LogP contribution in [-0.2, 0) is 9.78 Å². The number of hydrogen-bond donors (Lipinski definition) is 0. The second-order valence-electron chi connectivity index (χ2n) is 9.59. The Hall–Kier alpha value is -0.603. The molecule has 1 nitrogen and oxygen atoms in total. The first-order chi connectivity index (χ1) is 9.91. The van der Waals surface area contributed by atoms with Crippen LogP contribution in [0.4, 0.5) is 0 Å². The minimum Gasteiger partial charge on any atom is -0.374 e. The van der Waals surface area contributed by atoms with Gasteiger partial charge in [-0.2, -0.15) is 0 Å². The van der Waals surface area contributed by atoms with Gasteiger partial charge >= 0.3 is 0 Å². The molecule has 1 atom stereocenters. The predicted octanol–water partition coefficient (Wildman–Crippen LogP) is 5.73. The van der Waals surface area contributed by atoms with Gasteiger partial charge in [-0.25, -0.2) is 0 Å². The molecule has 0 N–H and O–H groups in total. The van der Waals surface area contributed by atoms with E-state index >= 15 is 0 Å². The Morgan fingerprint density at radius 1 is 1.09 bits per heavy atom. The Kier molecular flexibility index (Phi) is 4.43. The molecular formula is C20H34OSi. The highest BCUT2D eigenvalue weighted by Crippen LogP contribution is 2.58. The summed E-state index contributed by atoms with van der Waals surface area (Å²) in [6.07, 6.45) is 2.41. The Morgan fingerprint density at radius 2 is 1.68 bits per heavy atom. The van der Waals surface area contributed by atoms with Crippen molar-refractivity contribution in [1.82, 2.24) is 0 Å². The Labute approximate surface area is 138 Å². The smallest absolute Gasteiger partial charge is 0.0754 e. The zero-order valence-corrected chi connectivity index (χ0v) is 16.8. The summed E-state index contributed by atoms with van der Waals surface area (Å²) in [6, 6.07) is 9.12. The molecule has 1 fully saturated rings. The third-order valence-electron chi connectivity index (χ3n) is 5.49. The summed E-state index contributed by atoms with van der Waals surface area (Å²) >= 11 is 0. The molecule has 0 bridgehead atoms. The molecule has 0 aromatic heterocycles. The molecule has 124 valence electrons. The van der Waals surface area contributed by atoms with Crippen LogP contribution in [0.5, 0.6) is 0 Å². The quantitative estimate of drug-likeness (QED) is 0.630. The van der Waals surface area contributed by atoms with E-state index in [-0.39, 0.29) is 16.1 Å². The van der Waals surface area contributed by atoms with Gasteiger partial charge in [-0.15, -0.1) is 0 Å². The molecule has 2 rings (SSSR count). The van der Waals surface area contributed by atoms with E-state index in [1.165, 1.54) is 24.0 Å². The van der Waals surface area contributed by atoms with E-state index < -0.39 is 8.07 Å². The number of benzene rings is 1. The fraction of sp³-hybridized carbons (Fsp3) is 0.700. The fourth-order valence-electron chi connectivity index (χ4n) is 3.59. The van der Waals surface area contributed by atoms with Crippen molar-refractivity contribution in [3.05, 3.63) is 35.4 Å². The summed E-state index contributed by atoms with van der Waals surface area (Å²) in [5, 5.41) is 0.164. The van der Waals surface area contributed by atoms with E-state index in [0.29, 0.717) is 0 Å². The van der Waals surface area contributed by atoms with Crippen molar-refractivity contribution < 1.29 is 4.74 Å². The maximum absolute atomic E-state index is 6.63. The third kappa shape index (κ3) is 3.19. The predicted molar refractivity (Wildman–Crippen MR) is 99.2 cm³/mol. The average Bonchev–Trinajstić information content (AvgIpc) is 3.14. The van der Waals surface area contributed by atoms with Gasteiger partial charge in [-0.05, 0) is 30.7 Å². The van der Waals surface area contributed by atoms with Gasteiger partial charge in [0.25, 0.3) is 0 Å². The average molecular weight is 319 g/mol. The lowest BCUT2D eigenvalue weighted by molar-refractivity contribution is -0.0339. The van der Waals surface area contributed by atoms with Crippen molar-refractivity contribution >= 4 is 8.07 Å². The van der Waals surface area contributed by atoms with Gasteiger partial charge in [0.15, 0.2) is 0 Å². The van der Waals surface area contributed by atoms with Crippen LogP contribution >= 0.6 is 0 Å². The van der Waals surface area contributed by atoms with Crippen molar-refractivity contribution in [2.24, 2.45) is 5.41 Å². The molecule has 1 saturated carbocycles. The Morgan fingerprint density at radius 3 is 2.09 bits per heavy atom. The van der Waals surface area contributed by atoms with Gasteiger partial charge in [0, 0.05) is 5.04 Å². The van der Waals surface area contributed by atoms with Crippen molar-refractivity contribution in [2.45, 2.75) is 77.7 Å². The second kappa shape index (κ2) is 5.49. The molecule has 0 amide bonds. The molecule has 2 heteroatoms. The van der Waals surface area contributed by atoms with Gasteiger partial charge < -0.3 is 4.74 Å². The SMILES string of the molecule is Cc1cccc(C(C)(C2(OCC(C)(C)C)CC2)[Si](C)(C)C)c1. The lowest BCUT2D eigenvalue weighted by atomic mass is 9.90. The molecule has 1 aliphatic carbocycles. The number of ether oxygens (including phenoxy) is 1. The van der Waals surface area contributed by atoms with E-state index in [2.05, 4.69) is 78.5 Å². The summed E-state index contributed by atoms with van der Waals surface area (Å²) in [5.41, 5.74) is 3.12. The molecule has 22 heavy (non-hydrogen) atoms. The zero-order chi connectivity index (χ0) is 16.8. The number of hydrogen-bond acceptors (Lipinski definition) is 1. The molecular weight excluding hydrogens is 284 g/mol. The fourth-order valence-corrected chi connectivity index (χ4v) is 6.30. The minimum absolute atomic E-state index is 0.0541. The van der Waals surface area contributed by atoms with Crippen molar-refractivity contribution in [3.63, 3.8) is 0 Å². The van der Waals surface area contributed by atoms with E-state index in [1.54, 1.807) is 0 Å². The maximum Gasteiger partial charge on any atom is 0.0754 e. The molecule has 0 spiro atoms. The van der Waals surface area contributed by atoms with Crippen LogP contribution < -0.4 is 0 Å². The van der Waals surface area contributed by atoms with E-state index in [1.807, 2.05) is 0 Å².